The van der Waals surface area contributed by atoms with Gasteiger partial charge in [0.05, 0.1) is 12.2 Å². The van der Waals surface area contributed by atoms with Crippen molar-refractivity contribution < 1.29 is 14.3 Å². The lowest BCUT2D eigenvalue weighted by molar-refractivity contribution is 0.0526. The van der Waals surface area contributed by atoms with E-state index in [0.717, 1.165) is 25.9 Å². The van der Waals surface area contributed by atoms with Gasteiger partial charge in [0.25, 0.3) is 5.91 Å². The number of anilines is 2. The molecule has 1 fully saturated rings. The molecule has 27 heavy (non-hydrogen) atoms. The van der Waals surface area contributed by atoms with Crippen LogP contribution in [0.1, 0.15) is 47.5 Å². The Bertz CT molecular complexity index is 799. The van der Waals surface area contributed by atoms with Crippen molar-refractivity contribution in [1.82, 2.24) is 9.97 Å². The Morgan fingerprint density at radius 3 is 2.56 bits per heavy atom. The lowest BCUT2D eigenvalue weighted by Crippen LogP contribution is -2.34. The molecule has 0 saturated carbocycles. The summed E-state index contributed by atoms with van der Waals surface area (Å²) in [5.41, 5.74) is 1.34. The fourth-order valence-corrected chi connectivity index (χ4v) is 2.94. The van der Waals surface area contributed by atoms with E-state index < -0.39 is 0 Å². The Morgan fingerprint density at radius 2 is 1.89 bits per heavy atom. The second-order valence-electron chi connectivity index (χ2n) is 6.66. The molecule has 1 aliphatic rings. The summed E-state index contributed by atoms with van der Waals surface area (Å²) in [6, 6.07) is 8.16. The third kappa shape index (κ3) is 4.81. The summed E-state index contributed by atoms with van der Waals surface area (Å²) in [6.45, 7) is 6.13. The van der Waals surface area contributed by atoms with Crippen molar-refractivity contribution in [1.29, 1.82) is 0 Å². The molecular formula is C20H24N4O3. The summed E-state index contributed by atoms with van der Waals surface area (Å²) >= 11 is 0. The molecule has 2 heterocycles. The zero-order chi connectivity index (χ0) is 19.2. The zero-order valence-corrected chi connectivity index (χ0v) is 15.6. The highest BCUT2D eigenvalue weighted by Crippen LogP contribution is 2.20. The summed E-state index contributed by atoms with van der Waals surface area (Å²) in [5, 5.41) is 2.79. The van der Waals surface area contributed by atoms with E-state index in [9.17, 15) is 9.59 Å². The standard InChI is InChI=1S/C20H24N4O3/c1-3-27-19(26)15-4-6-16(7-5-15)22-18(25)17-8-11-21-20(23-17)24-12-9-14(2)10-13-24/h4-8,11,14H,3,9-10,12-13H2,1-2H3,(H,22,25). The van der Waals surface area contributed by atoms with E-state index in [1.807, 2.05) is 0 Å². The van der Waals surface area contributed by atoms with Crippen LogP contribution < -0.4 is 10.2 Å². The van der Waals surface area contributed by atoms with Crippen LogP contribution in [0.2, 0.25) is 0 Å². The first-order chi connectivity index (χ1) is 13.1. The van der Waals surface area contributed by atoms with Gasteiger partial charge in [-0.05, 0) is 56.0 Å². The van der Waals surface area contributed by atoms with Crippen LogP contribution in [0, 0.1) is 5.92 Å². The molecule has 7 heteroatoms. The van der Waals surface area contributed by atoms with Crippen molar-refractivity contribution in [3.05, 3.63) is 47.8 Å². The maximum Gasteiger partial charge on any atom is 0.338 e. The Balaban J connectivity index is 1.66. The topological polar surface area (TPSA) is 84.4 Å². The van der Waals surface area contributed by atoms with Crippen LogP contribution in [-0.4, -0.2) is 41.5 Å². The van der Waals surface area contributed by atoms with Gasteiger partial charge in [-0.1, -0.05) is 6.92 Å². The summed E-state index contributed by atoms with van der Waals surface area (Å²) in [6.07, 6.45) is 3.82. The summed E-state index contributed by atoms with van der Waals surface area (Å²) < 4.78 is 4.95. The van der Waals surface area contributed by atoms with E-state index in [4.69, 9.17) is 4.74 Å². The molecule has 7 nitrogen and oxygen atoms in total. The van der Waals surface area contributed by atoms with Crippen molar-refractivity contribution in [3.8, 4) is 0 Å². The molecular weight excluding hydrogens is 344 g/mol. The highest BCUT2D eigenvalue weighted by atomic mass is 16.5. The van der Waals surface area contributed by atoms with Crippen LogP contribution in [0.5, 0.6) is 0 Å². The number of hydrogen-bond acceptors (Lipinski definition) is 6. The molecule has 3 rings (SSSR count). The van der Waals surface area contributed by atoms with E-state index in [0.29, 0.717) is 35.4 Å². The number of nitrogens with one attached hydrogen (secondary N) is 1. The molecule has 0 radical (unpaired) electrons. The van der Waals surface area contributed by atoms with E-state index in [1.165, 1.54) is 0 Å². The number of nitrogens with zero attached hydrogens (tertiary/aromatic N) is 3. The number of hydrogen-bond donors (Lipinski definition) is 1. The Morgan fingerprint density at radius 1 is 1.19 bits per heavy atom. The molecule has 1 aromatic carbocycles. The fraction of sp³-hybridized carbons (Fsp3) is 0.400. The molecule has 1 N–H and O–H groups in total. The van der Waals surface area contributed by atoms with Gasteiger partial charge in [-0.3, -0.25) is 4.79 Å². The average Bonchev–Trinajstić information content (AvgIpc) is 2.69. The monoisotopic (exact) mass is 368 g/mol. The van der Waals surface area contributed by atoms with Crippen LogP contribution in [0.25, 0.3) is 0 Å². The lowest BCUT2D eigenvalue weighted by Gasteiger charge is -2.30. The van der Waals surface area contributed by atoms with Crippen LogP contribution >= 0.6 is 0 Å². The number of piperidine rings is 1. The third-order valence-electron chi connectivity index (χ3n) is 4.60. The Hall–Kier alpha value is -2.96. The molecule has 1 amide bonds. The number of amides is 1. The van der Waals surface area contributed by atoms with Crippen molar-refractivity contribution in [2.45, 2.75) is 26.7 Å². The van der Waals surface area contributed by atoms with Crippen molar-refractivity contribution >= 4 is 23.5 Å². The number of benzene rings is 1. The number of ether oxygens (including phenoxy) is 1. The Kier molecular flexibility index (Phi) is 6.01. The minimum atomic E-state index is -0.383. The maximum atomic E-state index is 12.5. The minimum Gasteiger partial charge on any atom is -0.462 e. The quantitative estimate of drug-likeness (QED) is 0.816. The number of rotatable bonds is 5. The van der Waals surface area contributed by atoms with Crippen molar-refractivity contribution in [3.63, 3.8) is 0 Å². The van der Waals surface area contributed by atoms with Gasteiger partial charge in [-0.15, -0.1) is 0 Å². The largest absolute Gasteiger partial charge is 0.462 e. The first-order valence-electron chi connectivity index (χ1n) is 9.23. The van der Waals surface area contributed by atoms with Crippen LogP contribution in [0.15, 0.2) is 36.5 Å². The average molecular weight is 368 g/mol. The van der Waals surface area contributed by atoms with Gasteiger partial charge >= 0.3 is 5.97 Å². The van der Waals surface area contributed by atoms with E-state index in [-0.39, 0.29) is 11.9 Å². The first kappa shape index (κ1) is 18.8. The van der Waals surface area contributed by atoms with Gasteiger partial charge in [0.1, 0.15) is 5.69 Å². The van der Waals surface area contributed by atoms with Gasteiger partial charge in [-0.2, -0.15) is 0 Å². The second kappa shape index (κ2) is 8.62. The predicted octanol–water partition coefficient (Wildman–Crippen LogP) is 3.14. The highest BCUT2D eigenvalue weighted by Gasteiger charge is 2.19. The maximum absolute atomic E-state index is 12.5. The van der Waals surface area contributed by atoms with Gasteiger partial charge in [0.15, 0.2) is 0 Å². The van der Waals surface area contributed by atoms with Gasteiger partial charge in [-0.25, -0.2) is 14.8 Å². The molecule has 0 spiro atoms. The molecule has 1 aromatic heterocycles. The van der Waals surface area contributed by atoms with Crippen LogP contribution in [0.4, 0.5) is 11.6 Å². The van der Waals surface area contributed by atoms with Gasteiger partial charge in [0, 0.05) is 25.0 Å². The summed E-state index contributed by atoms with van der Waals surface area (Å²) in [4.78, 5) is 35.0. The van der Waals surface area contributed by atoms with E-state index >= 15 is 0 Å². The molecule has 0 aliphatic carbocycles. The minimum absolute atomic E-state index is 0.312. The SMILES string of the molecule is CCOC(=O)c1ccc(NC(=O)c2ccnc(N3CCC(C)CC3)n2)cc1. The van der Waals surface area contributed by atoms with Crippen LogP contribution in [0.3, 0.4) is 0 Å². The zero-order valence-electron chi connectivity index (χ0n) is 15.6. The molecule has 0 unspecified atom stereocenters. The smallest absolute Gasteiger partial charge is 0.338 e. The molecule has 2 aromatic rings. The normalized spacial score (nSPS) is 14.7. The summed E-state index contributed by atoms with van der Waals surface area (Å²) in [7, 11) is 0. The fourth-order valence-electron chi connectivity index (χ4n) is 2.94. The highest BCUT2D eigenvalue weighted by molar-refractivity contribution is 6.03. The molecule has 1 aliphatic heterocycles. The van der Waals surface area contributed by atoms with E-state index in [1.54, 1.807) is 43.5 Å². The van der Waals surface area contributed by atoms with Crippen molar-refractivity contribution in [2.24, 2.45) is 5.92 Å². The number of esters is 1. The number of carbonyl (C=O) groups is 2. The van der Waals surface area contributed by atoms with Gasteiger partial charge < -0.3 is 15.0 Å². The molecule has 142 valence electrons. The molecule has 0 atom stereocenters. The lowest BCUT2D eigenvalue weighted by atomic mass is 10.00. The van der Waals surface area contributed by atoms with Gasteiger partial charge in [0.2, 0.25) is 5.95 Å². The molecule has 1 saturated heterocycles. The number of aromatic nitrogens is 2. The third-order valence-corrected chi connectivity index (χ3v) is 4.60. The second-order valence-corrected chi connectivity index (χ2v) is 6.66. The van der Waals surface area contributed by atoms with Crippen molar-refractivity contribution in [2.75, 3.05) is 29.9 Å². The van der Waals surface area contributed by atoms with Crippen LogP contribution in [-0.2, 0) is 4.74 Å². The van der Waals surface area contributed by atoms with E-state index in [2.05, 4.69) is 27.1 Å². The Labute approximate surface area is 158 Å². The number of carbonyl (C=O) groups excluding carboxylic acids is 2. The summed E-state index contributed by atoms with van der Waals surface area (Å²) in [5.74, 6) is 0.608. The predicted molar refractivity (Wildman–Crippen MR) is 103 cm³/mol. The first-order valence-corrected chi connectivity index (χ1v) is 9.23. The molecule has 0 bridgehead atoms.